The maximum absolute atomic E-state index is 14.1. The fourth-order valence-corrected chi connectivity index (χ4v) is 10.1. The molecule has 0 bridgehead atoms. The molecule has 0 amide bonds. The number of hydrogen-bond acceptors (Lipinski definition) is 8. The molecule has 2 fully saturated rings. The lowest BCUT2D eigenvalue weighted by Gasteiger charge is -2.53. The summed E-state index contributed by atoms with van der Waals surface area (Å²) in [5.74, 6) is -7.24. The van der Waals surface area contributed by atoms with Gasteiger partial charge in [-0.3, -0.25) is 4.98 Å². The van der Waals surface area contributed by atoms with Gasteiger partial charge in [0.05, 0.1) is 41.6 Å². The molecular formula is C26H29ClF5N5O4S. The average Bonchev–Trinajstić information content (AvgIpc) is 3.44. The topological polar surface area (TPSA) is 126 Å². The molecule has 9 nitrogen and oxygen atoms in total. The lowest BCUT2D eigenvalue weighted by atomic mass is 9.79. The van der Waals surface area contributed by atoms with Gasteiger partial charge in [0.15, 0.2) is 22.6 Å². The Morgan fingerprint density at radius 2 is 1.76 bits per heavy atom. The van der Waals surface area contributed by atoms with Crippen molar-refractivity contribution >= 4 is 22.5 Å². The van der Waals surface area contributed by atoms with Crippen LogP contribution in [0.3, 0.4) is 0 Å². The van der Waals surface area contributed by atoms with E-state index in [0.29, 0.717) is 0 Å². The predicted molar refractivity (Wildman–Crippen MR) is 144 cm³/mol. The van der Waals surface area contributed by atoms with Gasteiger partial charge in [-0.25, -0.2) is 42.5 Å². The van der Waals surface area contributed by atoms with Crippen molar-refractivity contribution < 1.29 is 42.0 Å². The number of nitrogens with zero attached hydrogens (tertiary/aromatic N) is 5. The molecule has 16 heteroatoms. The first kappa shape index (κ1) is 31.0. The molecule has 3 N–H and O–H groups in total. The summed E-state index contributed by atoms with van der Waals surface area (Å²) in [6.45, 7) is -0.545. The minimum atomic E-state index is -2.94. The molecule has 1 unspecified atom stereocenters. The molecule has 1 saturated heterocycles. The van der Waals surface area contributed by atoms with Crippen molar-refractivity contribution in [2.24, 2.45) is 0 Å². The van der Waals surface area contributed by atoms with Crippen LogP contribution in [0.25, 0.3) is 11.3 Å². The third kappa shape index (κ3) is 5.74. The Kier molecular flexibility index (Phi) is 8.80. The molecule has 1 aromatic carbocycles. The standard InChI is InChI=1S/C26H29ClF5N5O4S/c1-41-17-12-42(23(20-24(27)34-7-6-33-20)25(40)2-4-26(31,32)5-3-25)18(11-38)22(39)21(17)37-10-16(35-36-37)13-8-14(28)19(30)15(29)9-13/h6-10,17-18,21-23,38-40,42H,2-5,11-12H2,1H3/t17-,18+,21+,22-,23-/m0/s1. The Hall–Kier alpha value is -2.43. The molecule has 0 radical (unpaired) electrons. The van der Waals surface area contributed by atoms with Crippen LogP contribution >= 0.6 is 22.5 Å². The van der Waals surface area contributed by atoms with Gasteiger partial charge >= 0.3 is 0 Å². The van der Waals surface area contributed by atoms with Crippen molar-refractivity contribution in [2.75, 3.05) is 19.5 Å². The fourth-order valence-electron chi connectivity index (χ4n) is 5.96. The lowest BCUT2D eigenvalue weighted by Crippen LogP contribution is -2.54. The summed E-state index contributed by atoms with van der Waals surface area (Å²) in [6.07, 6.45) is 0.232. The number of benzene rings is 1. The predicted octanol–water partition coefficient (Wildman–Crippen LogP) is 3.78. The van der Waals surface area contributed by atoms with E-state index in [-0.39, 0.29) is 40.7 Å². The van der Waals surface area contributed by atoms with Crippen molar-refractivity contribution in [1.82, 2.24) is 25.0 Å². The smallest absolute Gasteiger partial charge is 0.248 e. The summed E-state index contributed by atoms with van der Waals surface area (Å²) in [5.41, 5.74) is -1.60. The Labute approximate surface area is 245 Å². The van der Waals surface area contributed by atoms with Gasteiger partial charge in [-0.1, -0.05) is 16.8 Å². The minimum Gasteiger partial charge on any atom is -0.395 e. The van der Waals surface area contributed by atoms with Crippen LogP contribution < -0.4 is 0 Å². The van der Waals surface area contributed by atoms with Gasteiger partial charge in [-0.2, -0.15) is 0 Å². The van der Waals surface area contributed by atoms with E-state index in [1.165, 1.54) is 30.4 Å². The highest BCUT2D eigenvalue weighted by Crippen LogP contribution is 2.61. The van der Waals surface area contributed by atoms with E-state index in [1.807, 2.05) is 0 Å². The number of ether oxygens (including phenoxy) is 1. The van der Waals surface area contributed by atoms with Crippen molar-refractivity contribution in [3.63, 3.8) is 0 Å². The van der Waals surface area contributed by atoms with Crippen LogP contribution in [0.15, 0.2) is 30.7 Å². The SMILES string of the molecule is CO[C@H]1C[SH]([C@@H](c2nccnc2Cl)C2(O)CCC(F)(F)CC2)[C@H](CO)[C@H](O)[C@@H]1n1cc(-c2cc(F)c(F)c(F)c2)nn1. The van der Waals surface area contributed by atoms with E-state index < -0.39 is 88.1 Å². The molecule has 230 valence electrons. The zero-order chi connectivity index (χ0) is 30.4. The summed E-state index contributed by atoms with van der Waals surface area (Å²) >= 11 is 6.41. The maximum atomic E-state index is 14.1. The number of aliphatic hydroxyl groups excluding tert-OH is 2. The Bertz CT molecular complexity index is 1400. The minimum absolute atomic E-state index is 0.00935. The molecule has 42 heavy (non-hydrogen) atoms. The number of aliphatic hydroxyl groups is 3. The van der Waals surface area contributed by atoms with Gasteiger partial charge in [0.25, 0.3) is 0 Å². The summed E-state index contributed by atoms with van der Waals surface area (Å²) in [7, 11) is -0.265. The third-order valence-corrected chi connectivity index (χ3v) is 11.9. The zero-order valence-electron chi connectivity index (χ0n) is 22.2. The first-order chi connectivity index (χ1) is 19.9. The first-order valence-corrected chi connectivity index (χ1v) is 15.1. The van der Waals surface area contributed by atoms with E-state index in [9.17, 15) is 37.3 Å². The number of aromatic nitrogens is 5. The van der Waals surface area contributed by atoms with Crippen LogP contribution in [0.4, 0.5) is 22.0 Å². The van der Waals surface area contributed by atoms with Crippen LogP contribution in [0.5, 0.6) is 0 Å². The molecule has 2 aromatic heterocycles. The summed E-state index contributed by atoms with van der Waals surface area (Å²) in [6, 6.07) is 0.569. The quantitative estimate of drug-likeness (QED) is 0.175. The number of halogens is 6. The molecule has 1 saturated carbocycles. The number of alkyl halides is 2. The highest BCUT2D eigenvalue weighted by molar-refractivity contribution is 8.18. The summed E-state index contributed by atoms with van der Waals surface area (Å²) < 4.78 is 76.4. The third-order valence-electron chi connectivity index (χ3n) is 8.15. The highest BCUT2D eigenvalue weighted by atomic mass is 35.5. The molecular weight excluding hydrogens is 609 g/mol. The molecule has 3 heterocycles. The van der Waals surface area contributed by atoms with Crippen LogP contribution in [-0.2, 0) is 4.74 Å². The van der Waals surface area contributed by atoms with E-state index in [0.717, 1.165) is 12.1 Å². The van der Waals surface area contributed by atoms with E-state index >= 15 is 0 Å². The number of hydrogen-bond donors (Lipinski definition) is 4. The Balaban J connectivity index is 1.52. The Morgan fingerprint density at radius 1 is 1.12 bits per heavy atom. The van der Waals surface area contributed by atoms with Gasteiger partial charge in [-0.05, 0) is 25.0 Å². The number of methoxy groups -OCH3 is 1. The maximum Gasteiger partial charge on any atom is 0.248 e. The van der Waals surface area contributed by atoms with E-state index in [4.69, 9.17) is 16.3 Å². The molecule has 0 spiro atoms. The van der Waals surface area contributed by atoms with Gasteiger partial charge in [0, 0.05) is 48.9 Å². The first-order valence-electron chi connectivity index (χ1n) is 13.1. The number of thiol groups is 1. The van der Waals surface area contributed by atoms with Crippen LogP contribution in [0, 0.1) is 17.5 Å². The van der Waals surface area contributed by atoms with Crippen molar-refractivity contribution in [2.45, 2.75) is 66.0 Å². The second kappa shape index (κ2) is 11.9. The van der Waals surface area contributed by atoms with Gasteiger partial charge in [0.1, 0.15) is 11.7 Å². The zero-order valence-corrected chi connectivity index (χ0v) is 23.9. The summed E-state index contributed by atoms with van der Waals surface area (Å²) in [4.78, 5) is 8.41. The second-order valence-electron chi connectivity index (χ2n) is 10.6. The molecule has 6 atom stereocenters. The largest absolute Gasteiger partial charge is 0.395 e. The summed E-state index contributed by atoms with van der Waals surface area (Å²) in [5, 5.41) is 40.1. The van der Waals surface area contributed by atoms with Crippen molar-refractivity contribution in [1.29, 1.82) is 0 Å². The molecule has 3 aromatic rings. The normalized spacial score (nSPS) is 28.9. The molecule has 1 aliphatic heterocycles. The Morgan fingerprint density at radius 3 is 2.36 bits per heavy atom. The highest BCUT2D eigenvalue weighted by Gasteiger charge is 2.55. The van der Waals surface area contributed by atoms with Gasteiger partial charge < -0.3 is 20.1 Å². The second-order valence-corrected chi connectivity index (χ2v) is 13.6. The van der Waals surface area contributed by atoms with Crippen LogP contribution in [0.2, 0.25) is 5.15 Å². The van der Waals surface area contributed by atoms with Crippen molar-refractivity contribution in [3.8, 4) is 11.3 Å². The van der Waals surface area contributed by atoms with Gasteiger partial charge in [-0.15, -0.1) is 5.10 Å². The van der Waals surface area contributed by atoms with Crippen molar-refractivity contribution in [3.05, 3.63) is 59.0 Å². The van der Waals surface area contributed by atoms with Crippen LogP contribution in [0.1, 0.15) is 42.7 Å². The van der Waals surface area contributed by atoms with E-state index in [1.54, 1.807) is 0 Å². The monoisotopic (exact) mass is 637 g/mol. The van der Waals surface area contributed by atoms with E-state index in [2.05, 4.69) is 20.3 Å². The lowest BCUT2D eigenvalue weighted by molar-refractivity contribution is -0.105. The number of rotatable bonds is 7. The van der Waals surface area contributed by atoms with Crippen LogP contribution in [-0.4, -0.2) is 88.7 Å². The molecule has 2 aliphatic rings. The molecule has 5 rings (SSSR count). The molecule has 1 aliphatic carbocycles. The van der Waals surface area contributed by atoms with Gasteiger partial charge in [0.2, 0.25) is 5.92 Å². The fraction of sp³-hybridized carbons (Fsp3) is 0.538. The average molecular weight is 638 g/mol.